The van der Waals surface area contributed by atoms with Crippen molar-refractivity contribution >= 4 is 21.4 Å². The van der Waals surface area contributed by atoms with E-state index in [9.17, 15) is 0 Å². The van der Waals surface area contributed by atoms with E-state index in [4.69, 9.17) is 0 Å². The number of benzene rings is 1. The third kappa shape index (κ3) is 2.74. The van der Waals surface area contributed by atoms with Gasteiger partial charge in [0.25, 0.3) is 0 Å². The molecule has 18 heavy (non-hydrogen) atoms. The molecule has 2 nitrogen and oxygen atoms in total. The number of thiophene rings is 1. The lowest BCUT2D eigenvalue weighted by Crippen LogP contribution is -2.34. The highest BCUT2D eigenvalue weighted by Crippen LogP contribution is 2.25. The first-order valence-corrected chi connectivity index (χ1v) is 7.70. The van der Waals surface area contributed by atoms with Crippen LogP contribution < -0.4 is 10.6 Å². The molecule has 1 unspecified atom stereocenters. The summed E-state index contributed by atoms with van der Waals surface area (Å²) in [4.78, 5) is 0. The summed E-state index contributed by atoms with van der Waals surface area (Å²) in [6, 6.07) is 9.39. The van der Waals surface area contributed by atoms with Crippen molar-refractivity contribution in [1.82, 2.24) is 10.6 Å². The first-order valence-electron chi connectivity index (χ1n) is 6.83. The molecule has 0 aliphatic carbocycles. The van der Waals surface area contributed by atoms with E-state index in [0.717, 1.165) is 19.5 Å². The van der Waals surface area contributed by atoms with E-state index in [2.05, 4.69) is 40.3 Å². The van der Waals surface area contributed by atoms with Gasteiger partial charge in [-0.25, -0.2) is 0 Å². The molecule has 1 aromatic carbocycles. The van der Waals surface area contributed by atoms with Gasteiger partial charge in [0.2, 0.25) is 0 Å². The summed E-state index contributed by atoms with van der Waals surface area (Å²) in [5.41, 5.74) is 1.49. The fourth-order valence-electron chi connectivity index (χ4n) is 2.66. The standard InChI is InChI=1S/C15H20N2S/c1-2-6-15-14(5-1)12(11-18-15)7-9-16-10-13-4-3-8-17-13/h1-2,5-6,11,13,16-17H,3-4,7-10H2. The molecular weight excluding hydrogens is 240 g/mol. The highest BCUT2D eigenvalue weighted by molar-refractivity contribution is 7.17. The normalized spacial score (nSPS) is 19.7. The summed E-state index contributed by atoms with van der Waals surface area (Å²) in [6.45, 7) is 3.39. The number of nitrogens with one attached hydrogen (secondary N) is 2. The Morgan fingerprint density at radius 3 is 3.17 bits per heavy atom. The van der Waals surface area contributed by atoms with Crippen LogP contribution in [0.3, 0.4) is 0 Å². The number of hydrogen-bond acceptors (Lipinski definition) is 3. The minimum atomic E-state index is 0.698. The molecule has 3 rings (SSSR count). The van der Waals surface area contributed by atoms with Gasteiger partial charge in [0.15, 0.2) is 0 Å². The maximum absolute atomic E-state index is 3.57. The van der Waals surface area contributed by atoms with Gasteiger partial charge in [-0.05, 0) is 54.7 Å². The van der Waals surface area contributed by atoms with E-state index in [1.807, 2.05) is 11.3 Å². The molecular formula is C15H20N2S. The monoisotopic (exact) mass is 260 g/mol. The average Bonchev–Trinajstić information content (AvgIpc) is 3.04. The summed E-state index contributed by atoms with van der Waals surface area (Å²) in [7, 11) is 0. The molecule has 2 heterocycles. The van der Waals surface area contributed by atoms with Gasteiger partial charge >= 0.3 is 0 Å². The van der Waals surface area contributed by atoms with Crippen molar-refractivity contribution in [3.63, 3.8) is 0 Å². The molecule has 0 saturated carbocycles. The molecule has 1 fully saturated rings. The summed E-state index contributed by atoms with van der Waals surface area (Å²) < 4.78 is 1.41. The molecule has 1 atom stereocenters. The molecule has 1 saturated heterocycles. The van der Waals surface area contributed by atoms with Crippen LogP contribution in [0.2, 0.25) is 0 Å². The molecule has 0 spiro atoms. The minimum Gasteiger partial charge on any atom is -0.315 e. The van der Waals surface area contributed by atoms with Gasteiger partial charge in [0.1, 0.15) is 0 Å². The second-order valence-electron chi connectivity index (χ2n) is 5.00. The van der Waals surface area contributed by atoms with Crippen molar-refractivity contribution in [3.8, 4) is 0 Å². The quantitative estimate of drug-likeness (QED) is 0.808. The third-order valence-corrected chi connectivity index (χ3v) is 4.70. The molecule has 2 N–H and O–H groups in total. The van der Waals surface area contributed by atoms with Crippen molar-refractivity contribution in [2.45, 2.75) is 25.3 Å². The maximum atomic E-state index is 3.57. The molecule has 2 aromatic rings. The zero-order valence-electron chi connectivity index (χ0n) is 10.6. The highest BCUT2D eigenvalue weighted by atomic mass is 32.1. The van der Waals surface area contributed by atoms with Crippen LogP contribution in [0.1, 0.15) is 18.4 Å². The van der Waals surface area contributed by atoms with Gasteiger partial charge in [0.05, 0.1) is 0 Å². The van der Waals surface area contributed by atoms with Gasteiger partial charge in [0, 0.05) is 17.3 Å². The van der Waals surface area contributed by atoms with Gasteiger partial charge in [-0.3, -0.25) is 0 Å². The van der Waals surface area contributed by atoms with Gasteiger partial charge < -0.3 is 10.6 Å². The fraction of sp³-hybridized carbons (Fsp3) is 0.467. The smallest absolute Gasteiger partial charge is 0.0345 e. The Balaban J connectivity index is 1.50. The summed E-state index contributed by atoms with van der Waals surface area (Å²) >= 11 is 1.86. The maximum Gasteiger partial charge on any atom is 0.0345 e. The minimum absolute atomic E-state index is 0.698. The molecule has 0 bridgehead atoms. The Labute approximate surface area is 112 Å². The van der Waals surface area contributed by atoms with Gasteiger partial charge in [-0.15, -0.1) is 11.3 Å². The number of hydrogen-bond donors (Lipinski definition) is 2. The second kappa shape index (κ2) is 5.83. The highest BCUT2D eigenvalue weighted by Gasteiger charge is 2.12. The van der Waals surface area contributed by atoms with E-state index < -0.39 is 0 Å². The van der Waals surface area contributed by atoms with Crippen LogP contribution in [-0.2, 0) is 6.42 Å². The van der Waals surface area contributed by atoms with Gasteiger partial charge in [-0.1, -0.05) is 18.2 Å². The van der Waals surface area contributed by atoms with Crippen molar-refractivity contribution in [2.24, 2.45) is 0 Å². The van der Waals surface area contributed by atoms with Crippen LogP contribution >= 0.6 is 11.3 Å². The lowest BCUT2D eigenvalue weighted by Gasteiger charge is -2.11. The molecule has 1 aromatic heterocycles. The molecule has 1 aliphatic rings. The number of fused-ring (bicyclic) bond motifs is 1. The van der Waals surface area contributed by atoms with E-state index in [0.29, 0.717) is 6.04 Å². The van der Waals surface area contributed by atoms with Crippen LogP contribution in [0.15, 0.2) is 29.6 Å². The number of rotatable bonds is 5. The SMILES string of the molecule is c1ccc2c(CCNCC3CCCN3)csc2c1. The van der Waals surface area contributed by atoms with E-state index >= 15 is 0 Å². The van der Waals surface area contributed by atoms with E-state index in [1.165, 1.54) is 35.0 Å². The molecule has 3 heteroatoms. The van der Waals surface area contributed by atoms with E-state index in [1.54, 1.807) is 0 Å². The van der Waals surface area contributed by atoms with Crippen LogP contribution in [0.4, 0.5) is 0 Å². The Morgan fingerprint density at radius 1 is 1.33 bits per heavy atom. The van der Waals surface area contributed by atoms with Crippen LogP contribution in [0.5, 0.6) is 0 Å². The van der Waals surface area contributed by atoms with Crippen molar-refractivity contribution in [3.05, 3.63) is 35.2 Å². The van der Waals surface area contributed by atoms with E-state index in [-0.39, 0.29) is 0 Å². The summed E-state index contributed by atoms with van der Waals surface area (Å²) in [6.07, 6.45) is 3.80. The third-order valence-electron chi connectivity index (χ3n) is 3.69. The van der Waals surface area contributed by atoms with Crippen molar-refractivity contribution in [1.29, 1.82) is 0 Å². The molecule has 96 valence electrons. The predicted octanol–water partition coefficient (Wildman–Crippen LogP) is 2.79. The van der Waals surface area contributed by atoms with Crippen molar-refractivity contribution < 1.29 is 0 Å². The van der Waals surface area contributed by atoms with Crippen molar-refractivity contribution in [2.75, 3.05) is 19.6 Å². The Kier molecular flexibility index (Phi) is 3.93. The molecule has 0 amide bonds. The summed E-state index contributed by atoms with van der Waals surface area (Å²) in [5, 5.41) is 10.8. The predicted molar refractivity (Wildman–Crippen MR) is 79.4 cm³/mol. The first kappa shape index (κ1) is 12.2. The van der Waals surface area contributed by atoms with Crippen LogP contribution in [0.25, 0.3) is 10.1 Å². The summed E-state index contributed by atoms with van der Waals surface area (Å²) in [5.74, 6) is 0. The molecule has 1 aliphatic heterocycles. The topological polar surface area (TPSA) is 24.1 Å². The zero-order chi connectivity index (χ0) is 12.2. The largest absolute Gasteiger partial charge is 0.315 e. The Morgan fingerprint density at radius 2 is 2.28 bits per heavy atom. The van der Waals surface area contributed by atoms with Gasteiger partial charge in [-0.2, -0.15) is 0 Å². The first-order chi connectivity index (χ1) is 8.93. The lowest BCUT2D eigenvalue weighted by atomic mass is 10.1. The second-order valence-corrected chi connectivity index (χ2v) is 5.92. The lowest BCUT2D eigenvalue weighted by molar-refractivity contribution is 0.538. The van der Waals surface area contributed by atoms with Crippen LogP contribution in [0, 0.1) is 0 Å². The fourth-order valence-corrected chi connectivity index (χ4v) is 3.65. The molecule has 0 radical (unpaired) electrons. The zero-order valence-corrected chi connectivity index (χ0v) is 11.4. The van der Waals surface area contributed by atoms with Crippen LogP contribution in [-0.4, -0.2) is 25.7 Å². The Hall–Kier alpha value is -0.900. The Bertz CT molecular complexity index is 500. The average molecular weight is 260 g/mol.